The number of carbonyl (C=O) groups excluding carboxylic acids is 3. The van der Waals surface area contributed by atoms with Gasteiger partial charge in [0.15, 0.2) is 0 Å². The molecule has 28 heavy (non-hydrogen) atoms. The Kier molecular flexibility index (Phi) is 5.93. The van der Waals surface area contributed by atoms with Gasteiger partial charge in [0.2, 0.25) is 5.91 Å². The minimum atomic E-state index is -0.252. The zero-order valence-corrected chi connectivity index (χ0v) is 17.3. The van der Waals surface area contributed by atoms with Gasteiger partial charge in [0, 0.05) is 30.5 Å². The molecular formula is C21H25N3O3S. The average molecular weight is 400 g/mol. The number of aryl methyl sites for hydroxylation is 1. The Labute approximate surface area is 168 Å². The Morgan fingerprint density at radius 1 is 1.36 bits per heavy atom. The van der Waals surface area contributed by atoms with Crippen LogP contribution in [0.2, 0.25) is 0 Å². The summed E-state index contributed by atoms with van der Waals surface area (Å²) < 4.78 is 1.96. The van der Waals surface area contributed by atoms with Gasteiger partial charge in [0.25, 0.3) is 11.1 Å². The number of nitrogens with zero attached hydrogens (tertiary/aromatic N) is 2. The first-order valence-corrected chi connectivity index (χ1v) is 10.3. The molecule has 1 N–H and O–H groups in total. The number of thioether (sulfide) groups is 1. The number of amides is 3. The van der Waals surface area contributed by atoms with Gasteiger partial charge in [-0.15, -0.1) is 6.58 Å². The lowest BCUT2D eigenvalue weighted by molar-refractivity contribution is -0.124. The van der Waals surface area contributed by atoms with Crippen LogP contribution in [-0.4, -0.2) is 45.4 Å². The number of fused-ring (bicyclic) bond motifs is 1. The van der Waals surface area contributed by atoms with Crippen LogP contribution >= 0.6 is 11.8 Å². The van der Waals surface area contributed by atoms with Crippen molar-refractivity contribution in [1.29, 1.82) is 0 Å². The molecule has 1 aliphatic heterocycles. The summed E-state index contributed by atoms with van der Waals surface area (Å²) in [5.74, 6) is 0.158. The third-order valence-electron chi connectivity index (χ3n) is 5.00. The lowest BCUT2D eigenvalue weighted by atomic mass is 10.0. The molecule has 7 heteroatoms. The maximum atomic E-state index is 12.9. The highest BCUT2D eigenvalue weighted by molar-refractivity contribution is 8.14. The average Bonchev–Trinajstić information content (AvgIpc) is 3.12. The van der Waals surface area contributed by atoms with Crippen molar-refractivity contribution in [2.45, 2.75) is 33.2 Å². The first kappa shape index (κ1) is 20.2. The van der Waals surface area contributed by atoms with Crippen molar-refractivity contribution < 1.29 is 14.4 Å². The molecule has 3 rings (SSSR count). The highest BCUT2D eigenvalue weighted by Gasteiger charge is 2.29. The summed E-state index contributed by atoms with van der Waals surface area (Å²) in [7, 11) is 0. The second-order valence-electron chi connectivity index (χ2n) is 7.16. The molecule has 2 heterocycles. The molecule has 3 amide bonds. The van der Waals surface area contributed by atoms with Crippen LogP contribution in [0.4, 0.5) is 4.79 Å². The SMILES string of the molecule is C=CCn1c(C(=O)NCCN2C(=O)CSC2=O)c(C)c2cc(C(C)C)ccc21. The van der Waals surface area contributed by atoms with E-state index in [-0.39, 0.29) is 35.9 Å². The Morgan fingerprint density at radius 3 is 2.71 bits per heavy atom. The van der Waals surface area contributed by atoms with E-state index in [9.17, 15) is 14.4 Å². The van der Waals surface area contributed by atoms with E-state index in [2.05, 4.69) is 43.9 Å². The number of imide groups is 1. The lowest BCUT2D eigenvalue weighted by Gasteiger charge is -2.14. The molecule has 6 nitrogen and oxygen atoms in total. The van der Waals surface area contributed by atoms with Crippen LogP contribution in [0.25, 0.3) is 10.9 Å². The number of nitrogens with one attached hydrogen (secondary N) is 1. The molecule has 1 aromatic heterocycles. The molecule has 2 aromatic rings. The number of allylic oxidation sites excluding steroid dienone is 1. The van der Waals surface area contributed by atoms with Crippen LogP contribution in [0.15, 0.2) is 30.9 Å². The van der Waals surface area contributed by atoms with E-state index in [1.807, 2.05) is 11.5 Å². The first-order chi connectivity index (χ1) is 13.3. The van der Waals surface area contributed by atoms with Crippen LogP contribution in [0, 0.1) is 6.92 Å². The minimum Gasteiger partial charge on any atom is -0.349 e. The number of benzene rings is 1. The highest BCUT2D eigenvalue weighted by Crippen LogP contribution is 2.29. The molecule has 0 radical (unpaired) electrons. The quantitative estimate of drug-likeness (QED) is 0.721. The van der Waals surface area contributed by atoms with Gasteiger partial charge >= 0.3 is 0 Å². The third kappa shape index (κ3) is 3.71. The monoisotopic (exact) mass is 399 g/mol. The van der Waals surface area contributed by atoms with Gasteiger partial charge in [0.05, 0.1) is 5.75 Å². The van der Waals surface area contributed by atoms with Crippen LogP contribution in [-0.2, 0) is 11.3 Å². The summed E-state index contributed by atoms with van der Waals surface area (Å²) in [4.78, 5) is 37.5. The van der Waals surface area contributed by atoms with Gasteiger partial charge in [-0.25, -0.2) is 0 Å². The van der Waals surface area contributed by atoms with Crippen LogP contribution in [0.1, 0.15) is 41.4 Å². The Balaban J connectivity index is 1.85. The van der Waals surface area contributed by atoms with Crippen molar-refractivity contribution in [3.05, 3.63) is 47.7 Å². The van der Waals surface area contributed by atoms with Gasteiger partial charge in [-0.2, -0.15) is 0 Å². The van der Waals surface area contributed by atoms with E-state index in [1.54, 1.807) is 6.08 Å². The summed E-state index contributed by atoms with van der Waals surface area (Å²) in [5, 5.41) is 3.66. The Hall–Kier alpha value is -2.54. The molecule has 0 aliphatic carbocycles. The standard InChI is InChI=1S/C21H25N3O3S/c1-5-9-23-17-7-6-15(13(2)3)11-16(17)14(4)19(23)20(26)22-8-10-24-18(25)12-28-21(24)27/h5-7,11,13H,1,8-10,12H2,2-4H3,(H,22,26). The van der Waals surface area contributed by atoms with E-state index in [0.29, 0.717) is 18.2 Å². The molecule has 0 atom stereocenters. The smallest absolute Gasteiger partial charge is 0.288 e. The van der Waals surface area contributed by atoms with Gasteiger partial charge in [-0.05, 0) is 36.1 Å². The summed E-state index contributed by atoms with van der Waals surface area (Å²) in [6.45, 7) is 11.0. The Morgan fingerprint density at radius 2 is 2.11 bits per heavy atom. The molecule has 1 aromatic carbocycles. The predicted octanol–water partition coefficient (Wildman–Crippen LogP) is 3.68. The number of aromatic nitrogens is 1. The van der Waals surface area contributed by atoms with Crippen LogP contribution in [0.3, 0.4) is 0 Å². The fraction of sp³-hybridized carbons (Fsp3) is 0.381. The topological polar surface area (TPSA) is 71.4 Å². The predicted molar refractivity (Wildman–Crippen MR) is 113 cm³/mol. The van der Waals surface area contributed by atoms with Gasteiger partial charge in [-0.1, -0.05) is 37.8 Å². The van der Waals surface area contributed by atoms with E-state index < -0.39 is 0 Å². The fourth-order valence-corrected chi connectivity index (χ4v) is 4.22. The molecule has 1 saturated heterocycles. The normalized spacial score (nSPS) is 14.4. The van der Waals surface area contributed by atoms with Crippen LogP contribution in [0.5, 0.6) is 0 Å². The largest absolute Gasteiger partial charge is 0.349 e. The number of hydrogen-bond donors (Lipinski definition) is 1. The molecule has 148 valence electrons. The third-order valence-corrected chi connectivity index (χ3v) is 5.85. The van der Waals surface area contributed by atoms with Crippen molar-refractivity contribution in [3.8, 4) is 0 Å². The molecule has 0 bridgehead atoms. The van der Waals surface area contributed by atoms with E-state index in [0.717, 1.165) is 28.2 Å². The van der Waals surface area contributed by atoms with E-state index >= 15 is 0 Å². The van der Waals surface area contributed by atoms with Crippen molar-refractivity contribution in [3.63, 3.8) is 0 Å². The summed E-state index contributed by atoms with van der Waals surface area (Å²) in [5.41, 5.74) is 3.72. The maximum absolute atomic E-state index is 12.9. The molecule has 0 spiro atoms. The second kappa shape index (κ2) is 8.22. The molecular weight excluding hydrogens is 374 g/mol. The van der Waals surface area contributed by atoms with Gasteiger partial charge < -0.3 is 9.88 Å². The summed E-state index contributed by atoms with van der Waals surface area (Å²) in [6.07, 6.45) is 1.77. The number of hydrogen-bond acceptors (Lipinski definition) is 4. The van der Waals surface area contributed by atoms with E-state index in [1.165, 1.54) is 10.5 Å². The molecule has 0 saturated carbocycles. The molecule has 1 fully saturated rings. The van der Waals surface area contributed by atoms with Crippen molar-refractivity contribution in [1.82, 2.24) is 14.8 Å². The summed E-state index contributed by atoms with van der Waals surface area (Å²) >= 11 is 0.996. The zero-order valence-electron chi connectivity index (χ0n) is 16.4. The highest BCUT2D eigenvalue weighted by atomic mass is 32.2. The number of carbonyl (C=O) groups is 3. The molecule has 1 aliphatic rings. The minimum absolute atomic E-state index is 0.178. The van der Waals surface area contributed by atoms with Crippen molar-refractivity contribution in [2.75, 3.05) is 18.8 Å². The van der Waals surface area contributed by atoms with E-state index in [4.69, 9.17) is 0 Å². The zero-order chi connectivity index (χ0) is 20.4. The van der Waals surface area contributed by atoms with Crippen LogP contribution < -0.4 is 5.32 Å². The first-order valence-electron chi connectivity index (χ1n) is 9.34. The van der Waals surface area contributed by atoms with Crippen molar-refractivity contribution >= 4 is 39.7 Å². The lowest BCUT2D eigenvalue weighted by Crippen LogP contribution is -2.38. The van der Waals surface area contributed by atoms with Gasteiger partial charge in [-0.3, -0.25) is 19.3 Å². The summed E-state index contributed by atoms with van der Waals surface area (Å²) in [6, 6.07) is 6.29. The Bertz CT molecular complexity index is 945. The number of rotatable bonds is 7. The van der Waals surface area contributed by atoms with Crippen molar-refractivity contribution in [2.24, 2.45) is 0 Å². The molecule has 0 unspecified atom stereocenters. The van der Waals surface area contributed by atoms with Gasteiger partial charge in [0.1, 0.15) is 5.69 Å². The maximum Gasteiger partial charge on any atom is 0.288 e. The fourth-order valence-electron chi connectivity index (χ4n) is 3.47. The second-order valence-corrected chi connectivity index (χ2v) is 8.09.